The second-order valence-electron chi connectivity index (χ2n) is 4.30. The number of hydrogen-bond donors (Lipinski definition) is 1. The zero-order chi connectivity index (χ0) is 13.7. The van der Waals surface area contributed by atoms with Gasteiger partial charge < -0.3 is 15.0 Å². The van der Waals surface area contributed by atoms with Crippen LogP contribution < -0.4 is 5.32 Å². The molecule has 1 N–H and O–H groups in total. The molecule has 7 nitrogen and oxygen atoms in total. The van der Waals surface area contributed by atoms with Crippen LogP contribution in [0, 0.1) is 0 Å². The second-order valence-corrected chi connectivity index (χ2v) is 4.30. The van der Waals surface area contributed by atoms with Crippen molar-refractivity contribution in [1.29, 1.82) is 0 Å². The molecule has 0 saturated carbocycles. The fourth-order valence-electron chi connectivity index (χ4n) is 2.02. The summed E-state index contributed by atoms with van der Waals surface area (Å²) in [5.74, 6) is -0.0845. The van der Waals surface area contributed by atoms with E-state index in [-0.39, 0.29) is 18.0 Å². The summed E-state index contributed by atoms with van der Waals surface area (Å²) >= 11 is 0. The molecule has 1 aromatic heterocycles. The number of aromatic nitrogens is 2. The summed E-state index contributed by atoms with van der Waals surface area (Å²) in [5.41, 5.74) is 0. The van der Waals surface area contributed by atoms with Gasteiger partial charge in [-0.25, -0.2) is 4.79 Å². The van der Waals surface area contributed by atoms with Gasteiger partial charge in [-0.2, -0.15) is 5.10 Å². The predicted octanol–water partition coefficient (Wildman–Crippen LogP) is 0.403. The highest BCUT2D eigenvalue weighted by atomic mass is 16.6. The Kier molecular flexibility index (Phi) is 4.38. The van der Waals surface area contributed by atoms with Gasteiger partial charge in [-0.1, -0.05) is 6.92 Å². The van der Waals surface area contributed by atoms with Crippen molar-refractivity contribution < 1.29 is 14.3 Å². The molecule has 2 rings (SSSR count). The molecule has 1 fully saturated rings. The summed E-state index contributed by atoms with van der Waals surface area (Å²) in [6.45, 7) is 3.85. The number of amides is 2. The Hall–Kier alpha value is -2.05. The fourth-order valence-corrected chi connectivity index (χ4v) is 2.02. The number of rotatable bonds is 6. The van der Waals surface area contributed by atoms with Crippen molar-refractivity contribution in [1.82, 2.24) is 20.0 Å². The van der Waals surface area contributed by atoms with Gasteiger partial charge in [-0.3, -0.25) is 9.48 Å². The maximum Gasteiger partial charge on any atom is 0.409 e. The Balaban J connectivity index is 1.78. The van der Waals surface area contributed by atoms with Crippen molar-refractivity contribution in [3.63, 3.8) is 0 Å². The minimum absolute atomic E-state index is 0.0845. The van der Waals surface area contributed by atoms with E-state index in [9.17, 15) is 9.59 Å². The maximum absolute atomic E-state index is 12.0. The van der Waals surface area contributed by atoms with E-state index in [1.165, 1.54) is 0 Å². The van der Waals surface area contributed by atoms with Gasteiger partial charge in [0, 0.05) is 25.5 Å². The van der Waals surface area contributed by atoms with E-state index in [1.54, 1.807) is 28.0 Å². The van der Waals surface area contributed by atoms with E-state index >= 15 is 0 Å². The van der Waals surface area contributed by atoms with Crippen molar-refractivity contribution in [2.24, 2.45) is 0 Å². The fraction of sp³-hybridized carbons (Fsp3) is 0.583. The molecule has 0 bridgehead atoms. The number of hydrogen-bond acceptors (Lipinski definition) is 4. The van der Waals surface area contributed by atoms with Crippen LogP contribution in [0.25, 0.3) is 0 Å². The van der Waals surface area contributed by atoms with Crippen LogP contribution >= 0.6 is 0 Å². The Morgan fingerprint density at radius 1 is 1.63 bits per heavy atom. The van der Waals surface area contributed by atoms with E-state index in [2.05, 4.69) is 10.4 Å². The lowest BCUT2D eigenvalue weighted by Gasteiger charge is -2.17. The van der Waals surface area contributed by atoms with Crippen LogP contribution in [-0.2, 0) is 9.53 Å². The first-order chi connectivity index (χ1) is 9.22. The summed E-state index contributed by atoms with van der Waals surface area (Å²) in [5, 5.41) is 6.90. The molecule has 1 aliphatic rings. The number of nitrogens with zero attached hydrogens (tertiary/aromatic N) is 3. The van der Waals surface area contributed by atoms with E-state index in [0.29, 0.717) is 32.7 Å². The van der Waals surface area contributed by atoms with Crippen LogP contribution in [0.4, 0.5) is 4.79 Å². The van der Waals surface area contributed by atoms with Crippen molar-refractivity contribution in [2.75, 3.05) is 26.2 Å². The minimum atomic E-state index is -0.312. The summed E-state index contributed by atoms with van der Waals surface area (Å²) in [4.78, 5) is 24.8. The normalized spacial score (nSPS) is 16.3. The largest absolute Gasteiger partial charge is 0.448 e. The van der Waals surface area contributed by atoms with E-state index in [4.69, 9.17) is 4.74 Å². The van der Waals surface area contributed by atoms with Gasteiger partial charge >= 0.3 is 6.09 Å². The van der Waals surface area contributed by atoms with Crippen LogP contribution in [0.15, 0.2) is 18.5 Å². The highest BCUT2D eigenvalue weighted by Gasteiger charge is 2.22. The highest BCUT2D eigenvalue weighted by Crippen LogP contribution is 2.09. The average Bonchev–Trinajstić information content (AvgIpc) is 3.03. The van der Waals surface area contributed by atoms with Gasteiger partial charge in [-0.05, 0) is 12.5 Å². The van der Waals surface area contributed by atoms with E-state index in [0.717, 1.165) is 0 Å². The van der Waals surface area contributed by atoms with Crippen molar-refractivity contribution in [2.45, 2.75) is 19.4 Å². The smallest absolute Gasteiger partial charge is 0.409 e. The van der Waals surface area contributed by atoms with Gasteiger partial charge in [0.2, 0.25) is 5.91 Å². The summed E-state index contributed by atoms with van der Waals surface area (Å²) in [7, 11) is 0. The molecule has 0 aliphatic carbocycles. The third-order valence-electron chi connectivity index (χ3n) is 3.06. The SMILES string of the molecule is CCC(C(=O)NCCN1CCOC1=O)n1cccn1. The molecule has 7 heteroatoms. The lowest BCUT2D eigenvalue weighted by atomic mass is 10.2. The Bertz CT molecular complexity index is 432. The molecule has 0 spiro atoms. The van der Waals surface area contributed by atoms with E-state index < -0.39 is 0 Å². The Morgan fingerprint density at radius 2 is 2.47 bits per heavy atom. The summed E-state index contributed by atoms with van der Waals surface area (Å²) < 4.78 is 6.45. The van der Waals surface area contributed by atoms with Gasteiger partial charge in [0.25, 0.3) is 0 Å². The molecular weight excluding hydrogens is 248 g/mol. The standard InChI is InChI=1S/C12H18N4O3/c1-2-10(16-6-3-4-14-16)11(17)13-5-7-15-8-9-19-12(15)18/h3-4,6,10H,2,5,7-9H2,1H3,(H,13,17). The van der Waals surface area contributed by atoms with Gasteiger partial charge in [-0.15, -0.1) is 0 Å². The van der Waals surface area contributed by atoms with Crippen LogP contribution in [0.3, 0.4) is 0 Å². The third kappa shape index (κ3) is 3.24. The van der Waals surface area contributed by atoms with Gasteiger partial charge in [0.05, 0.1) is 6.54 Å². The minimum Gasteiger partial charge on any atom is -0.448 e. The van der Waals surface area contributed by atoms with Gasteiger partial charge in [0.15, 0.2) is 0 Å². The number of cyclic esters (lactones) is 1. The molecule has 1 aliphatic heterocycles. The van der Waals surface area contributed by atoms with Crippen LogP contribution in [0.5, 0.6) is 0 Å². The van der Waals surface area contributed by atoms with Crippen molar-refractivity contribution >= 4 is 12.0 Å². The summed E-state index contributed by atoms with van der Waals surface area (Å²) in [6.07, 6.45) is 3.77. The molecule has 104 valence electrons. The first-order valence-electron chi connectivity index (χ1n) is 6.41. The molecule has 1 unspecified atom stereocenters. The molecule has 1 saturated heterocycles. The molecule has 0 aromatic carbocycles. The number of nitrogens with one attached hydrogen (secondary N) is 1. The van der Waals surface area contributed by atoms with Crippen LogP contribution in [-0.4, -0.2) is 52.9 Å². The molecule has 19 heavy (non-hydrogen) atoms. The first kappa shape index (κ1) is 13.4. The predicted molar refractivity (Wildman–Crippen MR) is 67.5 cm³/mol. The zero-order valence-electron chi connectivity index (χ0n) is 10.9. The Morgan fingerprint density at radius 3 is 3.05 bits per heavy atom. The quantitative estimate of drug-likeness (QED) is 0.808. The molecule has 1 aromatic rings. The van der Waals surface area contributed by atoms with Crippen molar-refractivity contribution in [3.8, 4) is 0 Å². The maximum atomic E-state index is 12.0. The average molecular weight is 266 g/mol. The monoisotopic (exact) mass is 266 g/mol. The number of ether oxygens (including phenoxy) is 1. The molecule has 0 radical (unpaired) electrons. The van der Waals surface area contributed by atoms with Gasteiger partial charge in [0.1, 0.15) is 12.6 Å². The van der Waals surface area contributed by atoms with Crippen molar-refractivity contribution in [3.05, 3.63) is 18.5 Å². The lowest BCUT2D eigenvalue weighted by Crippen LogP contribution is -2.38. The number of carbonyl (C=O) groups excluding carboxylic acids is 2. The third-order valence-corrected chi connectivity index (χ3v) is 3.06. The van der Waals surface area contributed by atoms with Crippen LogP contribution in [0.2, 0.25) is 0 Å². The zero-order valence-corrected chi connectivity index (χ0v) is 10.9. The number of carbonyl (C=O) groups is 2. The second kappa shape index (κ2) is 6.21. The Labute approximate surface area is 111 Å². The molecular formula is C12H18N4O3. The van der Waals surface area contributed by atoms with Crippen LogP contribution in [0.1, 0.15) is 19.4 Å². The molecule has 1 atom stereocenters. The molecule has 2 heterocycles. The lowest BCUT2D eigenvalue weighted by molar-refractivity contribution is -0.124. The first-order valence-corrected chi connectivity index (χ1v) is 6.41. The van der Waals surface area contributed by atoms with E-state index in [1.807, 2.05) is 6.92 Å². The highest BCUT2D eigenvalue weighted by molar-refractivity contribution is 5.80. The molecule has 2 amide bonds. The summed E-state index contributed by atoms with van der Waals surface area (Å²) in [6, 6.07) is 1.48. The topological polar surface area (TPSA) is 76.5 Å².